The Morgan fingerprint density at radius 3 is 2.67 bits per heavy atom. The monoisotopic (exact) mass is 304 g/mol. The van der Waals surface area contributed by atoms with Crippen LogP contribution in [-0.2, 0) is 11.5 Å². The zero-order valence-electron chi connectivity index (χ0n) is 13.6. The van der Waals surface area contributed by atoms with Gasteiger partial charge in [-0.05, 0) is 38.1 Å². The average molecular weight is 304 g/mol. The molecule has 1 heterocycles. The molecule has 0 spiro atoms. The maximum absolute atomic E-state index is 11.4. The number of hydrogen-bond acceptors (Lipinski definition) is 3. The first-order chi connectivity index (χ1) is 9.78. The molecule has 1 aromatic heterocycles. The van der Waals surface area contributed by atoms with Crippen LogP contribution >= 0.6 is 0 Å². The summed E-state index contributed by atoms with van der Waals surface area (Å²) in [7, 11) is -1.05. The minimum absolute atomic E-state index is 0.0653. The predicted molar refractivity (Wildman–Crippen MR) is 88.6 cm³/mol. The van der Waals surface area contributed by atoms with Gasteiger partial charge in [0.1, 0.15) is 12.6 Å². The molecule has 0 bridgehead atoms. The molecule has 0 aliphatic rings. The number of aryl methyl sites for hydroxylation is 1. The van der Waals surface area contributed by atoms with Crippen molar-refractivity contribution in [1.29, 1.82) is 0 Å². The summed E-state index contributed by atoms with van der Waals surface area (Å²) in [5, 5.41) is 0. The zero-order chi connectivity index (χ0) is 15.6. The van der Waals surface area contributed by atoms with Gasteiger partial charge < -0.3 is 9.30 Å². The van der Waals surface area contributed by atoms with Crippen molar-refractivity contribution >= 4 is 24.9 Å². The van der Waals surface area contributed by atoms with E-state index in [2.05, 4.69) is 29.2 Å². The van der Waals surface area contributed by atoms with Crippen molar-refractivity contribution in [2.24, 2.45) is 0 Å². The lowest BCUT2D eigenvalue weighted by molar-refractivity contribution is 0.0885. The SMILES string of the molecule is CC(=O)c1ccc2c(c1)nc(C)n2COCC[Si](C)(C)C. The number of carbonyl (C=O) groups is 1. The summed E-state index contributed by atoms with van der Waals surface area (Å²) < 4.78 is 7.87. The molecule has 2 rings (SSSR count). The highest BCUT2D eigenvalue weighted by atomic mass is 28.3. The van der Waals surface area contributed by atoms with Crippen LogP contribution < -0.4 is 0 Å². The molecule has 0 amide bonds. The van der Waals surface area contributed by atoms with Crippen LogP contribution in [0.5, 0.6) is 0 Å². The number of carbonyl (C=O) groups excluding carboxylic acids is 1. The average Bonchev–Trinajstić information content (AvgIpc) is 2.68. The van der Waals surface area contributed by atoms with Gasteiger partial charge in [0.25, 0.3) is 0 Å². The van der Waals surface area contributed by atoms with E-state index in [0.29, 0.717) is 12.3 Å². The van der Waals surface area contributed by atoms with E-state index in [0.717, 1.165) is 29.5 Å². The first-order valence-electron chi connectivity index (χ1n) is 7.33. The smallest absolute Gasteiger partial charge is 0.159 e. The normalized spacial score (nSPS) is 12.0. The molecule has 0 aliphatic heterocycles. The Hall–Kier alpha value is -1.46. The third-order valence-electron chi connectivity index (χ3n) is 3.56. The highest BCUT2D eigenvalue weighted by Gasteiger charge is 2.13. The fraction of sp³-hybridized carbons (Fsp3) is 0.500. The molecule has 0 saturated heterocycles. The fourth-order valence-corrected chi connectivity index (χ4v) is 2.92. The Morgan fingerprint density at radius 1 is 1.33 bits per heavy atom. The van der Waals surface area contributed by atoms with Gasteiger partial charge in [-0.2, -0.15) is 0 Å². The number of imidazole rings is 1. The third kappa shape index (κ3) is 4.01. The minimum atomic E-state index is -1.05. The number of benzene rings is 1. The van der Waals surface area contributed by atoms with E-state index in [1.165, 1.54) is 0 Å². The van der Waals surface area contributed by atoms with E-state index in [1.807, 2.05) is 25.1 Å². The second-order valence-electron chi connectivity index (χ2n) is 6.69. The number of ether oxygens (including phenoxy) is 1. The van der Waals surface area contributed by atoms with Crippen LogP contribution in [0.2, 0.25) is 25.7 Å². The molecular formula is C16H24N2O2Si. The van der Waals surface area contributed by atoms with Gasteiger partial charge in [-0.15, -0.1) is 0 Å². The number of aromatic nitrogens is 2. The molecule has 21 heavy (non-hydrogen) atoms. The number of fused-ring (bicyclic) bond motifs is 1. The second kappa shape index (κ2) is 6.11. The van der Waals surface area contributed by atoms with E-state index in [9.17, 15) is 4.79 Å². The van der Waals surface area contributed by atoms with Crippen molar-refractivity contribution in [2.75, 3.05) is 6.61 Å². The summed E-state index contributed by atoms with van der Waals surface area (Å²) in [5.74, 6) is 0.981. The number of ketones is 1. The number of nitrogens with zero attached hydrogens (tertiary/aromatic N) is 2. The highest BCUT2D eigenvalue weighted by Crippen LogP contribution is 2.18. The number of rotatable bonds is 6. The molecule has 0 N–H and O–H groups in total. The summed E-state index contributed by atoms with van der Waals surface area (Å²) in [6.07, 6.45) is 0. The number of hydrogen-bond donors (Lipinski definition) is 0. The molecule has 0 atom stereocenters. The van der Waals surface area contributed by atoms with Crippen LogP contribution in [0.3, 0.4) is 0 Å². The molecule has 0 fully saturated rings. The molecule has 0 unspecified atom stereocenters. The molecular weight excluding hydrogens is 280 g/mol. The van der Waals surface area contributed by atoms with Gasteiger partial charge in [0.15, 0.2) is 5.78 Å². The summed E-state index contributed by atoms with van der Waals surface area (Å²) >= 11 is 0. The van der Waals surface area contributed by atoms with Crippen LogP contribution in [0.25, 0.3) is 11.0 Å². The lowest BCUT2D eigenvalue weighted by Crippen LogP contribution is -2.22. The molecule has 0 saturated carbocycles. The summed E-state index contributed by atoms with van der Waals surface area (Å²) in [6.45, 7) is 11.9. The standard InChI is InChI=1S/C16H24N2O2Si/c1-12(19)14-6-7-16-15(10-14)17-13(2)18(16)11-20-8-9-21(3,4)5/h6-7,10H,8-9,11H2,1-5H3. The Bertz CT molecular complexity index is 656. The van der Waals surface area contributed by atoms with E-state index in [-0.39, 0.29) is 5.78 Å². The van der Waals surface area contributed by atoms with Crippen LogP contribution in [0, 0.1) is 6.92 Å². The van der Waals surface area contributed by atoms with Crippen molar-refractivity contribution in [1.82, 2.24) is 9.55 Å². The largest absolute Gasteiger partial charge is 0.361 e. The zero-order valence-corrected chi connectivity index (χ0v) is 14.6. The summed E-state index contributed by atoms with van der Waals surface area (Å²) in [5.41, 5.74) is 2.58. The molecule has 2 aromatic rings. The van der Waals surface area contributed by atoms with Gasteiger partial charge in [-0.1, -0.05) is 19.6 Å². The van der Waals surface area contributed by atoms with Crippen LogP contribution in [0.15, 0.2) is 18.2 Å². The first-order valence-corrected chi connectivity index (χ1v) is 11.0. The molecule has 0 aliphatic carbocycles. The van der Waals surface area contributed by atoms with E-state index < -0.39 is 8.07 Å². The topological polar surface area (TPSA) is 44.1 Å². The second-order valence-corrected chi connectivity index (χ2v) is 12.3. The first kappa shape index (κ1) is 15.9. The summed E-state index contributed by atoms with van der Waals surface area (Å²) in [6, 6.07) is 6.81. The van der Waals surface area contributed by atoms with Crippen LogP contribution in [0.4, 0.5) is 0 Å². The van der Waals surface area contributed by atoms with Gasteiger partial charge in [0.2, 0.25) is 0 Å². The maximum Gasteiger partial charge on any atom is 0.159 e. The number of Topliss-reactive ketones (excluding diaryl/α,β-unsaturated/α-hetero) is 1. The van der Waals surface area contributed by atoms with Crippen molar-refractivity contribution in [3.8, 4) is 0 Å². The van der Waals surface area contributed by atoms with Crippen LogP contribution in [-0.4, -0.2) is 30.0 Å². The Morgan fingerprint density at radius 2 is 2.05 bits per heavy atom. The van der Waals surface area contributed by atoms with Crippen molar-refractivity contribution < 1.29 is 9.53 Å². The molecule has 0 radical (unpaired) electrons. The molecule has 114 valence electrons. The quantitative estimate of drug-likeness (QED) is 0.462. The lowest BCUT2D eigenvalue weighted by atomic mass is 10.1. The Balaban J connectivity index is 2.13. The summed E-state index contributed by atoms with van der Waals surface area (Å²) in [4.78, 5) is 16.0. The molecule has 5 heteroatoms. The van der Waals surface area contributed by atoms with Gasteiger partial charge >= 0.3 is 0 Å². The van der Waals surface area contributed by atoms with Crippen molar-refractivity contribution in [2.45, 2.75) is 46.3 Å². The van der Waals surface area contributed by atoms with E-state index >= 15 is 0 Å². The minimum Gasteiger partial charge on any atom is -0.361 e. The predicted octanol–water partition coefficient (Wildman–Crippen LogP) is 3.86. The van der Waals surface area contributed by atoms with Gasteiger partial charge in [-0.3, -0.25) is 4.79 Å². The third-order valence-corrected chi connectivity index (χ3v) is 5.27. The molecule has 1 aromatic carbocycles. The highest BCUT2D eigenvalue weighted by molar-refractivity contribution is 6.76. The van der Waals surface area contributed by atoms with Gasteiger partial charge in [0.05, 0.1) is 11.0 Å². The van der Waals surface area contributed by atoms with Crippen molar-refractivity contribution in [3.63, 3.8) is 0 Å². The fourth-order valence-electron chi connectivity index (χ4n) is 2.17. The van der Waals surface area contributed by atoms with Gasteiger partial charge in [-0.25, -0.2) is 4.98 Å². The Labute approximate surface area is 127 Å². The maximum atomic E-state index is 11.4. The van der Waals surface area contributed by atoms with E-state index in [1.54, 1.807) is 6.92 Å². The molecule has 4 nitrogen and oxygen atoms in total. The van der Waals surface area contributed by atoms with E-state index in [4.69, 9.17) is 4.74 Å². The van der Waals surface area contributed by atoms with Crippen molar-refractivity contribution in [3.05, 3.63) is 29.6 Å². The lowest BCUT2D eigenvalue weighted by Gasteiger charge is -2.16. The van der Waals surface area contributed by atoms with Gasteiger partial charge in [0, 0.05) is 20.2 Å². The Kier molecular flexibility index (Phi) is 4.63. The van der Waals surface area contributed by atoms with Crippen LogP contribution in [0.1, 0.15) is 23.1 Å².